The SMILES string of the molecule is COc1ccc(-c2[nH]ncc2/C=N\NC(=O)c2ccco2)c(OC)c1. The van der Waals surface area contributed by atoms with Crippen molar-refractivity contribution in [1.82, 2.24) is 15.6 Å². The zero-order valence-corrected chi connectivity index (χ0v) is 13.6. The van der Waals surface area contributed by atoms with Gasteiger partial charge in [0.2, 0.25) is 0 Å². The van der Waals surface area contributed by atoms with Crippen LogP contribution in [0.4, 0.5) is 0 Å². The number of benzene rings is 1. The van der Waals surface area contributed by atoms with Crippen molar-refractivity contribution in [2.75, 3.05) is 14.2 Å². The number of H-pyrrole nitrogens is 1. The van der Waals surface area contributed by atoms with Crippen molar-refractivity contribution in [3.8, 4) is 22.8 Å². The summed E-state index contributed by atoms with van der Waals surface area (Å²) in [6, 6.07) is 8.62. The van der Waals surface area contributed by atoms with Gasteiger partial charge < -0.3 is 13.9 Å². The molecule has 8 heteroatoms. The molecule has 0 saturated carbocycles. The summed E-state index contributed by atoms with van der Waals surface area (Å²) in [6.45, 7) is 0. The summed E-state index contributed by atoms with van der Waals surface area (Å²) >= 11 is 0. The van der Waals surface area contributed by atoms with E-state index in [1.165, 1.54) is 12.5 Å². The van der Waals surface area contributed by atoms with Crippen LogP contribution in [0.25, 0.3) is 11.3 Å². The Balaban J connectivity index is 1.81. The number of aromatic nitrogens is 2. The average Bonchev–Trinajstić information content (AvgIpc) is 3.33. The van der Waals surface area contributed by atoms with Crippen molar-refractivity contribution in [2.24, 2.45) is 5.10 Å². The molecular formula is C17H16N4O4. The molecule has 3 aromatic rings. The lowest BCUT2D eigenvalue weighted by atomic mass is 10.1. The van der Waals surface area contributed by atoms with E-state index in [9.17, 15) is 4.79 Å². The number of amides is 1. The predicted molar refractivity (Wildman–Crippen MR) is 90.9 cm³/mol. The Morgan fingerprint density at radius 1 is 1.32 bits per heavy atom. The van der Waals surface area contributed by atoms with Crippen molar-refractivity contribution in [3.63, 3.8) is 0 Å². The Hall–Kier alpha value is -3.55. The normalized spacial score (nSPS) is 10.8. The number of nitrogens with zero attached hydrogens (tertiary/aromatic N) is 2. The van der Waals surface area contributed by atoms with Gasteiger partial charge in [0.1, 0.15) is 11.5 Å². The van der Waals surface area contributed by atoms with Crippen molar-refractivity contribution >= 4 is 12.1 Å². The molecule has 0 aliphatic carbocycles. The lowest BCUT2D eigenvalue weighted by Crippen LogP contribution is -2.16. The predicted octanol–water partition coefficient (Wildman–Crippen LogP) is 2.45. The van der Waals surface area contributed by atoms with Gasteiger partial charge in [-0.2, -0.15) is 10.2 Å². The maximum Gasteiger partial charge on any atom is 0.307 e. The van der Waals surface area contributed by atoms with E-state index in [0.29, 0.717) is 22.8 Å². The van der Waals surface area contributed by atoms with E-state index >= 15 is 0 Å². The molecule has 0 radical (unpaired) electrons. The molecule has 0 unspecified atom stereocenters. The molecule has 1 aromatic carbocycles. The maximum atomic E-state index is 11.8. The third kappa shape index (κ3) is 3.52. The first-order valence-electron chi connectivity index (χ1n) is 7.35. The van der Waals surface area contributed by atoms with E-state index in [-0.39, 0.29) is 5.76 Å². The van der Waals surface area contributed by atoms with Crippen molar-refractivity contribution in [3.05, 3.63) is 54.1 Å². The van der Waals surface area contributed by atoms with Gasteiger partial charge in [-0.25, -0.2) is 5.43 Å². The molecule has 0 fully saturated rings. The lowest BCUT2D eigenvalue weighted by molar-refractivity contribution is 0.0927. The third-order valence-electron chi connectivity index (χ3n) is 3.46. The molecule has 3 rings (SSSR count). The number of carbonyl (C=O) groups excluding carboxylic acids is 1. The second kappa shape index (κ2) is 7.35. The van der Waals surface area contributed by atoms with Crippen molar-refractivity contribution < 1.29 is 18.7 Å². The summed E-state index contributed by atoms with van der Waals surface area (Å²) in [5.41, 5.74) is 4.57. The fourth-order valence-corrected chi connectivity index (χ4v) is 2.24. The summed E-state index contributed by atoms with van der Waals surface area (Å²) in [5.74, 6) is 1.05. The van der Waals surface area contributed by atoms with Gasteiger partial charge in [0, 0.05) is 17.2 Å². The van der Waals surface area contributed by atoms with Gasteiger partial charge in [0.25, 0.3) is 0 Å². The van der Waals surface area contributed by atoms with Crippen molar-refractivity contribution in [1.29, 1.82) is 0 Å². The first kappa shape index (κ1) is 16.3. The number of rotatable bonds is 6. The highest BCUT2D eigenvalue weighted by atomic mass is 16.5. The van der Waals surface area contributed by atoms with Crippen LogP contribution >= 0.6 is 0 Å². The van der Waals surface area contributed by atoms with E-state index in [4.69, 9.17) is 13.9 Å². The van der Waals surface area contributed by atoms with E-state index in [1.54, 1.807) is 38.6 Å². The summed E-state index contributed by atoms with van der Waals surface area (Å²) < 4.78 is 15.6. The fraction of sp³-hybridized carbons (Fsp3) is 0.118. The van der Waals surface area contributed by atoms with Gasteiger partial charge >= 0.3 is 5.91 Å². The molecule has 25 heavy (non-hydrogen) atoms. The van der Waals surface area contributed by atoms with Crippen LogP contribution in [-0.4, -0.2) is 36.5 Å². The second-order valence-corrected chi connectivity index (χ2v) is 4.94. The molecular weight excluding hydrogens is 324 g/mol. The molecule has 2 heterocycles. The standard InChI is InChI=1S/C17H16N4O4/c1-23-12-5-6-13(15(8-12)24-2)16-11(9-18-20-16)10-19-21-17(22)14-4-3-7-25-14/h3-10H,1-2H3,(H,18,20)(H,21,22)/b19-10-. The number of aromatic amines is 1. The zero-order chi connectivity index (χ0) is 17.6. The number of hydrogen-bond donors (Lipinski definition) is 2. The van der Waals surface area contributed by atoms with Crippen LogP contribution in [0.1, 0.15) is 16.1 Å². The molecule has 0 aliphatic rings. The largest absolute Gasteiger partial charge is 0.497 e. The van der Waals surface area contributed by atoms with Crippen molar-refractivity contribution in [2.45, 2.75) is 0 Å². The number of ether oxygens (including phenoxy) is 2. The fourth-order valence-electron chi connectivity index (χ4n) is 2.24. The number of hydrogen-bond acceptors (Lipinski definition) is 6. The molecule has 2 N–H and O–H groups in total. The van der Waals surface area contributed by atoms with Crippen LogP contribution in [0.5, 0.6) is 11.5 Å². The number of furan rings is 1. The van der Waals surface area contributed by atoms with Gasteiger partial charge in [-0.05, 0) is 24.3 Å². The van der Waals surface area contributed by atoms with Crippen LogP contribution in [0.15, 0.2) is 52.3 Å². The minimum atomic E-state index is -0.437. The minimum absolute atomic E-state index is 0.182. The quantitative estimate of drug-likeness (QED) is 0.530. The van der Waals surface area contributed by atoms with Crippen LogP contribution < -0.4 is 14.9 Å². The zero-order valence-electron chi connectivity index (χ0n) is 13.6. The first-order valence-corrected chi connectivity index (χ1v) is 7.35. The number of carbonyl (C=O) groups is 1. The maximum absolute atomic E-state index is 11.8. The number of methoxy groups -OCH3 is 2. The lowest BCUT2D eigenvalue weighted by Gasteiger charge is -2.09. The van der Waals surface area contributed by atoms with E-state index < -0.39 is 5.91 Å². The van der Waals surface area contributed by atoms with E-state index in [1.807, 2.05) is 12.1 Å². The topological polar surface area (TPSA) is 102 Å². The summed E-state index contributed by atoms with van der Waals surface area (Å²) in [6.07, 6.45) is 4.51. The molecule has 0 bridgehead atoms. The molecule has 1 amide bonds. The Kier molecular flexibility index (Phi) is 4.79. The molecule has 2 aromatic heterocycles. The van der Waals surface area contributed by atoms with Crippen LogP contribution in [0.3, 0.4) is 0 Å². The van der Waals surface area contributed by atoms with Gasteiger partial charge in [0.05, 0.1) is 38.6 Å². The molecule has 0 saturated heterocycles. The molecule has 8 nitrogen and oxygen atoms in total. The van der Waals surface area contributed by atoms with E-state index in [0.717, 1.165) is 5.56 Å². The highest BCUT2D eigenvalue weighted by Gasteiger charge is 2.13. The summed E-state index contributed by atoms with van der Waals surface area (Å²) in [7, 11) is 3.16. The molecule has 0 atom stereocenters. The molecule has 0 aliphatic heterocycles. The van der Waals surface area contributed by atoms with Gasteiger partial charge in [0.15, 0.2) is 5.76 Å². The first-order chi connectivity index (χ1) is 12.2. The average molecular weight is 340 g/mol. The highest BCUT2D eigenvalue weighted by molar-refractivity contribution is 5.94. The van der Waals surface area contributed by atoms with Crippen LogP contribution in [0, 0.1) is 0 Å². The van der Waals surface area contributed by atoms with Gasteiger partial charge in [-0.1, -0.05) is 0 Å². The third-order valence-corrected chi connectivity index (χ3v) is 3.46. The molecule has 128 valence electrons. The van der Waals surface area contributed by atoms with Gasteiger partial charge in [-0.15, -0.1) is 0 Å². The monoisotopic (exact) mass is 340 g/mol. The summed E-state index contributed by atoms with van der Waals surface area (Å²) in [4.78, 5) is 11.8. The van der Waals surface area contributed by atoms with Crippen LogP contribution in [-0.2, 0) is 0 Å². The summed E-state index contributed by atoms with van der Waals surface area (Å²) in [5, 5.41) is 10.9. The Morgan fingerprint density at radius 3 is 2.92 bits per heavy atom. The highest BCUT2D eigenvalue weighted by Crippen LogP contribution is 2.33. The van der Waals surface area contributed by atoms with Crippen LogP contribution in [0.2, 0.25) is 0 Å². The van der Waals surface area contributed by atoms with E-state index in [2.05, 4.69) is 20.7 Å². The van der Waals surface area contributed by atoms with Gasteiger partial charge in [-0.3, -0.25) is 9.89 Å². The Labute approximate surface area is 143 Å². The Bertz CT molecular complexity index is 884. The minimum Gasteiger partial charge on any atom is -0.497 e. The number of hydrazone groups is 1. The molecule has 0 spiro atoms. The smallest absolute Gasteiger partial charge is 0.307 e. The second-order valence-electron chi connectivity index (χ2n) is 4.94. The Morgan fingerprint density at radius 2 is 2.20 bits per heavy atom. The number of nitrogens with one attached hydrogen (secondary N) is 2.